The molecule has 8 heteroatoms. The molecule has 0 fully saturated rings. The van der Waals surface area contributed by atoms with Gasteiger partial charge >= 0.3 is 5.97 Å². The summed E-state index contributed by atoms with van der Waals surface area (Å²) in [4.78, 5) is 11.8. The number of halogens is 1. The van der Waals surface area contributed by atoms with Crippen LogP contribution in [-0.4, -0.2) is 39.3 Å². The van der Waals surface area contributed by atoms with Crippen LogP contribution < -0.4 is 0 Å². The number of hydrogen-bond acceptors (Lipinski definition) is 5. The third kappa shape index (κ3) is 4.81. The molecule has 0 saturated carbocycles. The molecule has 1 rings (SSSR count). The summed E-state index contributed by atoms with van der Waals surface area (Å²) in [5.74, 6) is -0.568. The second-order valence-electron chi connectivity index (χ2n) is 4.17. The first-order chi connectivity index (χ1) is 9.40. The number of carbonyl (C=O) groups excluding carboxylic acids is 1. The lowest BCUT2D eigenvalue weighted by Gasteiger charge is -2.08. The van der Waals surface area contributed by atoms with Crippen LogP contribution in [0.3, 0.4) is 0 Å². The summed E-state index contributed by atoms with van der Waals surface area (Å²) < 4.78 is 34.1. The summed E-state index contributed by atoms with van der Waals surface area (Å²) in [6, 6.07) is 1.21. The van der Waals surface area contributed by atoms with Crippen molar-refractivity contribution >= 4 is 25.7 Å². The van der Waals surface area contributed by atoms with Crippen LogP contribution in [0.4, 0.5) is 0 Å². The van der Waals surface area contributed by atoms with Gasteiger partial charge in [-0.25, -0.2) is 13.2 Å². The molecule has 0 aliphatic carbocycles. The smallest absolute Gasteiger partial charge is 0.354 e. The van der Waals surface area contributed by atoms with Crippen molar-refractivity contribution in [2.24, 2.45) is 0 Å². The van der Waals surface area contributed by atoms with Gasteiger partial charge in [-0.05, 0) is 12.5 Å². The normalized spacial score (nSPS) is 11.6. The molecule has 0 bridgehead atoms. The van der Waals surface area contributed by atoms with Gasteiger partial charge in [-0.2, -0.15) is 0 Å². The van der Waals surface area contributed by atoms with E-state index in [1.165, 1.54) is 23.9 Å². The molecule has 20 heavy (non-hydrogen) atoms. The number of aromatic nitrogens is 1. The molecule has 1 heterocycles. The lowest BCUT2D eigenvalue weighted by molar-refractivity contribution is 0.0485. The molecule has 0 radical (unpaired) electrons. The van der Waals surface area contributed by atoms with Crippen LogP contribution in [0.1, 0.15) is 30.3 Å². The fraction of sp³-hybridized carbons (Fsp3) is 0.583. The molecule has 114 valence electrons. The van der Waals surface area contributed by atoms with E-state index in [9.17, 15) is 13.2 Å². The predicted molar refractivity (Wildman–Crippen MR) is 74.5 cm³/mol. The lowest BCUT2D eigenvalue weighted by atomic mass is 10.3. The standard InChI is InChI=1S/C12H18ClNO5S/c1-3-4-6-19-12(15)11-8-10(20(13,16)17)9-14(11)5-7-18-2/h8-9H,3-7H2,1-2H3. The van der Waals surface area contributed by atoms with Gasteiger partial charge in [-0.3, -0.25) is 0 Å². The maximum atomic E-state index is 11.9. The van der Waals surface area contributed by atoms with Crippen molar-refractivity contribution < 1.29 is 22.7 Å². The predicted octanol–water partition coefficient (Wildman–Crippen LogP) is 2.02. The number of hydrogen-bond donors (Lipinski definition) is 0. The Bertz CT molecular complexity index is 552. The van der Waals surface area contributed by atoms with Crippen LogP contribution in [0.2, 0.25) is 0 Å². The number of methoxy groups -OCH3 is 1. The highest BCUT2D eigenvalue weighted by atomic mass is 35.7. The zero-order valence-electron chi connectivity index (χ0n) is 11.5. The maximum Gasteiger partial charge on any atom is 0.354 e. The van der Waals surface area contributed by atoms with Crippen LogP contribution >= 0.6 is 10.7 Å². The van der Waals surface area contributed by atoms with Gasteiger partial charge in [0.15, 0.2) is 0 Å². The Hall–Kier alpha value is -1.05. The van der Waals surface area contributed by atoms with Gasteiger partial charge in [0, 0.05) is 30.5 Å². The molecule has 0 atom stereocenters. The SMILES string of the molecule is CCCCOC(=O)c1cc(S(=O)(=O)Cl)cn1CCOC. The average molecular weight is 324 g/mol. The number of unbranched alkanes of at least 4 members (excludes halogenated alkanes) is 1. The third-order valence-corrected chi connectivity index (χ3v) is 3.95. The summed E-state index contributed by atoms with van der Waals surface area (Å²) in [5, 5.41) is 0. The Morgan fingerprint density at radius 2 is 2.10 bits per heavy atom. The average Bonchev–Trinajstić information content (AvgIpc) is 2.80. The first-order valence-corrected chi connectivity index (χ1v) is 8.52. The largest absolute Gasteiger partial charge is 0.461 e. The molecule has 0 aromatic carbocycles. The molecule has 6 nitrogen and oxygen atoms in total. The van der Waals surface area contributed by atoms with Gasteiger partial charge in [-0.1, -0.05) is 13.3 Å². The van der Waals surface area contributed by atoms with E-state index in [2.05, 4.69) is 0 Å². The zero-order valence-corrected chi connectivity index (χ0v) is 13.0. The van der Waals surface area contributed by atoms with E-state index in [4.69, 9.17) is 20.2 Å². The quantitative estimate of drug-likeness (QED) is 0.415. The van der Waals surface area contributed by atoms with Crippen LogP contribution in [0.25, 0.3) is 0 Å². The summed E-state index contributed by atoms with van der Waals surface area (Å²) in [6.45, 7) is 2.95. The van der Waals surface area contributed by atoms with Crippen molar-refractivity contribution in [1.82, 2.24) is 4.57 Å². The van der Waals surface area contributed by atoms with Gasteiger partial charge in [0.25, 0.3) is 9.05 Å². The van der Waals surface area contributed by atoms with Crippen molar-refractivity contribution in [2.45, 2.75) is 31.2 Å². The van der Waals surface area contributed by atoms with E-state index in [-0.39, 0.29) is 10.6 Å². The van der Waals surface area contributed by atoms with Crippen LogP contribution in [0.5, 0.6) is 0 Å². The van der Waals surface area contributed by atoms with Crippen LogP contribution in [-0.2, 0) is 25.1 Å². The van der Waals surface area contributed by atoms with Gasteiger partial charge < -0.3 is 14.0 Å². The minimum Gasteiger partial charge on any atom is -0.461 e. The number of rotatable bonds is 8. The van der Waals surface area contributed by atoms with Crippen molar-refractivity contribution in [3.63, 3.8) is 0 Å². The molecule has 0 aliphatic rings. The summed E-state index contributed by atoms with van der Waals surface area (Å²) in [6.07, 6.45) is 2.96. The van der Waals surface area contributed by atoms with E-state index >= 15 is 0 Å². The number of esters is 1. The van der Waals surface area contributed by atoms with Gasteiger partial charge in [0.2, 0.25) is 0 Å². The van der Waals surface area contributed by atoms with E-state index in [1.54, 1.807) is 0 Å². The highest BCUT2D eigenvalue weighted by molar-refractivity contribution is 8.13. The summed E-state index contributed by atoms with van der Waals surface area (Å²) in [5.41, 5.74) is 0.150. The zero-order chi connectivity index (χ0) is 15.2. The molecular weight excluding hydrogens is 306 g/mol. The molecule has 0 amide bonds. The third-order valence-electron chi connectivity index (χ3n) is 2.63. The van der Waals surface area contributed by atoms with Gasteiger partial charge in [0.1, 0.15) is 10.6 Å². The fourth-order valence-electron chi connectivity index (χ4n) is 1.55. The van der Waals surface area contributed by atoms with Crippen molar-refractivity contribution in [1.29, 1.82) is 0 Å². The molecule has 1 aromatic rings. The van der Waals surface area contributed by atoms with E-state index in [0.717, 1.165) is 12.8 Å². The molecule has 0 aliphatic heterocycles. The molecule has 1 aromatic heterocycles. The second kappa shape index (κ2) is 7.66. The second-order valence-corrected chi connectivity index (χ2v) is 6.74. The van der Waals surface area contributed by atoms with Crippen molar-refractivity contribution in [3.05, 3.63) is 18.0 Å². The summed E-state index contributed by atoms with van der Waals surface area (Å²) >= 11 is 0. The Morgan fingerprint density at radius 3 is 2.65 bits per heavy atom. The van der Waals surface area contributed by atoms with E-state index in [1.807, 2.05) is 6.92 Å². The molecule has 0 N–H and O–H groups in total. The number of ether oxygens (including phenoxy) is 2. The molecule has 0 spiro atoms. The highest BCUT2D eigenvalue weighted by Crippen LogP contribution is 2.19. The lowest BCUT2D eigenvalue weighted by Crippen LogP contribution is -2.14. The number of nitrogens with zero attached hydrogens (tertiary/aromatic N) is 1. The van der Waals surface area contributed by atoms with Crippen molar-refractivity contribution in [3.8, 4) is 0 Å². The fourth-order valence-corrected chi connectivity index (χ4v) is 2.30. The van der Waals surface area contributed by atoms with Crippen molar-refractivity contribution in [2.75, 3.05) is 20.3 Å². The molecule has 0 saturated heterocycles. The molecular formula is C12H18ClNO5S. The Balaban J connectivity index is 2.96. The first-order valence-electron chi connectivity index (χ1n) is 6.21. The minimum absolute atomic E-state index is 0.127. The van der Waals surface area contributed by atoms with E-state index < -0.39 is 15.0 Å². The summed E-state index contributed by atoms with van der Waals surface area (Å²) in [7, 11) is 2.92. The monoisotopic (exact) mass is 323 g/mol. The Kier molecular flexibility index (Phi) is 6.51. The number of carbonyl (C=O) groups is 1. The maximum absolute atomic E-state index is 11.9. The minimum atomic E-state index is -3.89. The van der Waals surface area contributed by atoms with Gasteiger partial charge in [-0.15, -0.1) is 0 Å². The highest BCUT2D eigenvalue weighted by Gasteiger charge is 2.20. The Labute approximate surface area is 123 Å². The van der Waals surface area contributed by atoms with Crippen LogP contribution in [0.15, 0.2) is 17.2 Å². The molecule has 0 unspecified atom stereocenters. The Morgan fingerprint density at radius 1 is 1.40 bits per heavy atom. The van der Waals surface area contributed by atoms with E-state index in [0.29, 0.717) is 19.8 Å². The topological polar surface area (TPSA) is 74.6 Å². The van der Waals surface area contributed by atoms with Crippen LogP contribution in [0, 0.1) is 0 Å². The first kappa shape index (κ1) is 17.0. The van der Waals surface area contributed by atoms with Gasteiger partial charge in [0.05, 0.1) is 13.2 Å².